The summed E-state index contributed by atoms with van der Waals surface area (Å²) in [5, 5.41) is 5.41. The van der Waals surface area contributed by atoms with Crippen LogP contribution in [0, 0.1) is 11.8 Å². The van der Waals surface area contributed by atoms with E-state index in [9.17, 15) is 13.6 Å². The lowest BCUT2D eigenvalue weighted by Gasteiger charge is -2.19. The van der Waals surface area contributed by atoms with Crippen molar-refractivity contribution < 1.29 is 18.3 Å². The van der Waals surface area contributed by atoms with E-state index in [-0.39, 0.29) is 12.1 Å². The molecule has 2 aromatic rings. The number of rotatable bonds is 4. The molecule has 6 nitrogen and oxygen atoms in total. The molecule has 24 heavy (non-hydrogen) atoms. The van der Waals surface area contributed by atoms with Gasteiger partial charge in [-0.15, -0.1) is 0 Å². The maximum Gasteiger partial charge on any atom is 0.413 e. The Morgan fingerprint density at radius 2 is 1.96 bits per heavy atom. The van der Waals surface area contributed by atoms with Gasteiger partial charge in [0.2, 0.25) is 5.95 Å². The molecule has 0 bridgehead atoms. The van der Waals surface area contributed by atoms with E-state index in [0.29, 0.717) is 11.5 Å². The number of hydrogen-bond donors (Lipinski definition) is 2. The minimum absolute atomic E-state index is 0.0752. The van der Waals surface area contributed by atoms with Gasteiger partial charge in [0, 0.05) is 18.2 Å². The first-order valence-corrected chi connectivity index (χ1v) is 7.23. The van der Waals surface area contributed by atoms with Crippen LogP contribution in [0.4, 0.5) is 25.1 Å². The van der Waals surface area contributed by atoms with Gasteiger partial charge < -0.3 is 10.1 Å². The number of nitrogens with one attached hydrogen (secondary N) is 2. The van der Waals surface area contributed by atoms with Crippen molar-refractivity contribution in [3.05, 3.63) is 47.9 Å². The van der Waals surface area contributed by atoms with Crippen molar-refractivity contribution in [2.45, 2.75) is 32.9 Å². The zero-order chi connectivity index (χ0) is 17.7. The van der Waals surface area contributed by atoms with E-state index in [1.807, 2.05) is 0 Å². The van der Waals surface area contributed by atoms with Crippen molar-refractivity contribution in [2.75, 3.05) is 10.6 Å². The van der Waals surface area contributed by atoms with Gasteiger partial charge in [-0.2, -0.15) is 4.39 Å². The van der Waals surface area contributed by atoms with Crippen molar-refractivity contribution in [2.24, 2.45) is 0 Å². The Balaban J connectivity index is 1.92. The highest BCUT2D eigenvalue weighted by molar-refractivity contribution is 5.83. The number of hydrogen-bond acceptors (Lipinski definition) is 5. The van der Waals surface area contributed by atoms with Gasteiger partial charge in [0.15, 0.2) is 0 Å². The fourth-order valence-electron chi connectivity index (χ4n) is 1.76. The molecule has 2 aromatic heterocycles. The maximum absolute atomic E-state index is 13.5. The molecule has 0 saturated carbocycles. The zero-order valence-corrected chi connectivity index (χ0v) is 13.6. The Morgan fingerprint density at radius 3 is 2.58 bits per heavy atom. The van der Waals surface area contributed by atoms with Crippen LogP contribution in [0.3, 0.4) is 0 Å². The molecule has 2 heterocycles. The second kappa shape index (κ2) is 7.20. The van der Waals surface area contributed by atoms with Crippen molar-refractivity contribution in [3.63, 3.8) is 0 Å². The van der Waals surface area contributed by atoms with Gasteiger partial charge in [0.1, 0.15) is 17.2 Å². The first-order valence-electron chi connectivity index (χ1n) is 7.23. The second-order valence-electron chi connectivity index (χ2n) is 6.01. The number of anilines is 2. The van der Waals surface area contributed by atoms with Gasteiger partial charge in [-0.05, 0) is 32.9 Å². The molecule has 1 amide bonds. The number of halogens is 2. The van der Waals surface area contributed by atoms with Crippen LogP contribution in [0.1, 0.15) is 26.3 Å². The van der Waals surface area contributed by atoms with Crippen LogP contribution in [0.25, 0.3) is 0 Å². The molecule has 0 unspecified atom stereocenters. The lowest BCUT2D eigenvalue weighted by Crippen LogP contribution is -2.27. The number of aromatic nitrogens is 2. The molecule has 0 spiro atoms. The molecule has 128 valence electrons. The summed E-state index contributed by atoms with van der Waals surface area (Å²) in [6.45, 7) is 5.35. The van der Waals surface area contributed by atoms with Crippen LogP contribution in [-0.4, -0.2) is 21.7 Å². The monoisotopic (exact) mass is 336 g/mol. The van der Waals surface area contributed by atoms with Gasteiger partial charge in [-0.25, -0.2) is 19.2 Å². The number of carbonyl (C=O) groups is 1. The van der Waals surface area contributed by atoms with E-state index in [4.69, 9.17) is 4.74 Å². The molecule has 2 N–H and O–H groups in total. The van der Waals surface area contributed by atoms with E-state index in [1.54, 1.807) is 32.9 Å². The molecule has 0 radical (unpaired) electrons. The molecule has 0 atom stereocenters. The largest absolute Gasteiger partial charge is 0.444 e. The summed E-state index contributed by atoms with van der Waals surface area (Å²) in [6.07, 6.45) is 1.69. The topological polar surface area (TPSA) is 76.1 Å². The maximum atomic E-state index is 13.5. The quantitative estimate of drug-likeness (QED) is 0.832. The number of amides is 1. The Bertz CT molecular complexity index is 715. The van der Waals surface area contributed by atoms with Crippen LogP contribution in [0.2, 0.25) is 0 Å². The predicted octanol–water partition coefficient (Wildman–Crippen LogP) is 3.71. The first kappa shape index (κ1) is 17.6. The van der Waals surface area contributed by atoms with E-state index in [0.717, 1.165) is 12.3 Å². The van der Waals surface area contributed by atoms with E-state index >= 15 is 0 Å². The molecule has 8 heteroatoms. The van der Waals surface area contributed by atoms with E-state index in [2.05, 4.69) is 20.6 Å². The molecular formula is C16H18F2N4O2. The average Bonchev–Trinajstić information content (AvgIpc) is 2.47. The van der Waals surface area contributed by atoms with E-state index in [1.165, 1.54) is 6.20 Å². The third kappa shape index (κ3) is 5.45. The highest BCUT2D eigenvalue weighted by Gasteiger charge is 2.16. The lowest BCUT2D eigenvalue weighted by atomic mass is 10.2. The van der Waals surface area contributed by atoms with Crippen LogP contribution < -0.4 is 10.6 Å². The summed E-state index contributed by atoms with van der Waals surface area (Å²) in [7, 11) is 0. The van der Waals surface area contributed by atoms with Crippen molar-refractivity contribution in [1.29, 1.82) is 0 Å². The molecule has 0 aromatic carbocycles. The Hall–Kier alpha value is -2.77. The summed E-state index contributed by atoms with van der Waals surface area (Å²) >= 11 is 0. The Kier molecular flexibility index (Phi) is 5.28. The lowest BCUT2D eigenvalue weighted by molar-refractivity contribution is 0.0635. The molecule has 0 aliphatic heterocycles. The molecule has 0 aliphatic rings. The van der Waals surface area contributed by atoms with Crippen LogP contribution in [0.15, 0.2) is 30.6 Å². The predicted molar refractivity (Wildman–Crippen MR) is 85.6 cm³/mol. The standard InChI is InChI=1S/C16H18F2N4O2/c1-16(2,3)24-15(23)22-14-5-4-11(8-21-14)19-7-10-6-13(18)20-9-12(10)17/h4-6,8-9,19H,7H2,1-3H3,(H,21,22,23). The highest BCUT2D eigenvalue weighted by Crippen LogP contribution is 2.14. The number of carbonyl (C=O) groups excluding carboxylic acids is 1. The third-order valence-electron chi connectivity index (χ3n) is 2.78. The van der Waals surface area contributed by atoms with Gasteiger partial charge >= 0.3 is 6.09 Å². The average molecular weight is 336 g/mol. The van der Waals surface area contributed by atoms with Gasteiger partial charge in [0.25, 0.3) is 0 Å². The summed E-state index contributed by atoms with van der Waals surface area (Å²) in [5.41, 5.74) is 0.134. The fourth-order valence-corrected chi connectivity index (χ4v) is 1.76. The molecule has 0 aliphatic carbocycles. The van der Waals surface area contributed by atoms with Crippen LogP contribution in [-0.2, 0) is 11.3 Å². The summed E-state index contributed by atoms with van der Waals surface area (Å²) < 4.78 is 31.6. The molecule has 0 saturated heterocycles. The number of ether oxygens (including phenoxy) is 1. The van der Waals surface area contributed by atoms with Gasteiger partial charge in [-0.3, -0.25) is 5.32 Å². The Morgan fingerprint density at radius 1 is 1.21 bits per heavy atom. The Labute approximate surface area is 138 Å². The van der Waals surface area contributed by atoms with Gasteiger partial charge in [0.05, 0.1) is 18.1 Å². The van der Waals surface area contributed by atoms with E-state index < -0.39 is 23.5 Å². The minimum atomic E-state index is -0.747. The molecule has 0 fully saturated rings. The zero-order valence-electron chi connectivity index (χ0n) is 13.6. The SMILES string of the molecule is CC(C)(C)OC(=O)Nc1ccc(NCc2cc(F)ncc2F)cn1. The van der Waals surface area contributed by atoms with Crippen molar-refractivity contribution in [1.82, 2.24) is 9.97 Å². The highest BCUT2D eigenvalue weighted by atomic mass is 19.1. The number of pyridine rings is 2. The van der Waals surface area contributed by atoms with Crippen LogP contribution in [0.5, 0.6) is 0 Å². The van der Waals surface area contributed by atoms with Crippen molar-refractivity contribution >= 4 is 17.6 Å². The van der Waals surface area contributed by atoms with Gasteiger partial charge in [-0.1, -0.05) is 0 Å². The summed E-state index contributed by atoms with van der Waals surface area (Å²) in [6, 6.07) is 4.24. The molecular weight excluding hydrogens is 318 g/mol. The second-order valence-corrected chi connectivity index (χ2v) is 6.01. The summed E-state index contributed by atoms with van der Waals surface area (Å²) in [4.78, 5) is 18.9. The first-order chi connectivity index (χ1) is 11.2. The summed E-state index contributed by atoms with van der Waals surface area (Å²) in [5.74, 6) is -1.03. The normalized spacial score (nSPS) is 11.0. The van der Waals surface area contributed by atoms with Crippen LogP contribution >= 0.6 is 0 Å². The minimum Gasteiger partial charge on any atom is -0.444 e. The third-order valence-corrected chi connectivity index (χ3v) is 2.78. The number of nitrogens with zero attached hydrogens (tertiary/aromatic N) is 2. The smallest absolute Gasteiger partial charge is 0.413 e. The fraction of sp³-hybridized carbons (Fsp3) is 0.312. The molecule has 2 rings (SSSR count). The van der Waals surface area contributed by atoms with Crippen molar-refractivity contribution in [3.8, 4) is 0 Å².